The van der Waals surface area contributed by atoms with Crippen LogP contribution in [0, 0.1) is 0 Å². The van der Waals surface area contributed by atoms with Crippen LogP contribution in [0.3, 0.4) is 0 Å². The number of hydrogen-bond acceptors (Lipinski definition) is 7. The maximum Gasteiger partial charge on any atom is 0.258 e. The number of carbonyl (C=O) groups is 1. The minimum Gasteiger partial charge on any atom is -0.504 e. The number of hydrazine groups is 1. The van der Waals surface area contributed by atoms with Gasteiger partial charge in [-0.1, -0.05) is 41.9 Å². The summed E-state index contributed by atoms with van der Waals surface area (Å²) >= 11 is 6.17. The first-order valence-electron chi connectivity index (χ1n) is 10.7. The number of methoxy groups -OCH3 is 1. The number of carbonyl (C=O) groups excluding carboxylic acids is 1. The van der Waals surface area contributed by atoms with Crippen LogP contribution < -0.4 is 25.8 Å². The van der Waals surface area contributed by atoms with Crippen molar-refractivity contribution in [1.82, 2.24) is 16.3 Å². The van der Waals surface area contributed by atoms with Gasteiger partial charge in [0.05, 0.1) is 13.3 Å². The fourth-order valence-electron chi connectivity index (χ4n) is 3.54. The van der Waals surface area contributed by atoms with E-state index >= 15 is 0 Å². The van der Waals surface area contributed by atoms with Gasteiger partial charge >= 0.3 is 0 Å². The molecule has 2 unspecified atom stereocenters. The summed E-state index contributed by atoms with van der Waals surface area (Å²) in [5.74, 6) is 0.858. The Hall–Kier alpha value is -3.59. The second kappa shape index (κ2) is 11.0. The number of phenols is 1. The third kappa shape index (κ3) is 5.85. The van der Waals surface area contributed by atoms with Gasteiger partial charge in [0.1, 0.15) is 18.4 Å². The summed E-state index contributed by atoms with van der Waals surface area (Å²) in [7, 11) is 1.47. The van der Waals surface area contributed by atoms with Gasteiger partial charge in [-0.15, -0.1) is 0 Å². The molecule has 0 radical (unpaired) electrons. The first kappa shape index (κ1) is 23.6. The summed E-state index contributed by atoms with van der Waals surface area (Å²) in [4.78, 5) is 12.5. The van der Waals surface area contributed by atoms with E-state index in [1.165, 1.54) is 19.4 Å². The van der Waals surface area contributed by atoms with Crippen molar-refractivity contribution in [3.8, 4) is 17.2 Å². The van der Waals surface area contributed by atoms with Crippen molar-refractivity contribution in [2.45, 2.75) is 25.1 Å². The van der Waals surface area contributed by atoms with Crippen LogP contribution in [-0.2, 0) is 11.4 Å². The Kier molecular flexibility index (Phi) is 7.64. The topological polar surface area (TPSA) is 104 Å². The van der Waals surface area contributed by atoms with Crippen LogP contribution in [0.2, 0.25) is 5.02 Å². The van der Waals surface area contributed by atoms with Crippen LogP contribution in [0.1, 0.15) is 29.2 Å². The average Bonchev–Trinajstić information content (AvgIpc) is 3.35. The molecule has 3 aromatic rings. The summed E-state index contributed by atoms with van der Waals surface area (Å²) in [6.45, 7) is 0.391. The van der Waals surface area contributed by atoms with E-state index in [1.807, 2.05) is 48.5 Å². The van der Waals surface area contributed by atoms with Crippen LogP contribution >= 0.6 is 11.6 Å². The normalized spacial score (nSPS) is 17.6. The van der Waals surface area contributed by atoms with Crippen molar-refractivity contribution in [1.29, 1.82) is 0 Å². The van der Waals surface area contributed by atoms with E-state index in [4.69, 9.17) is 21.1 Å². The van der Waals surface area contributed by atoms with Crippen molar-refractivity contribution in [2.75, 3.05) is 7.11 Å². The number of nitrogens with zero attached hydrogens (tertiary/aromatic N) is 1. The highest BCUT2D eigenvalue weighted by Gasteiger charge is 2.30. The Morgan fingerprint density at radius 2 is 1.97 bits per heavy atom. The number of hydrazone groups is 1. The van der Waals surface area contributed by atoms with Crippen LogP contribution in [0.15, 0.2) is 71.8 Å². The number of amides is 1. The maximum atomic E-state index is 12.5. The third-order valence-corrected chi connectivity index (χ3v) is 5.82. The van der Waals surface area contributed by atoms with Gasteiger partial charge in [0.2, 0.25) is 0 Å². The minimum absolute atomic E-state index is 0.0290. The Morgan fingerprint density at radius 1 is 1.18 bits per heavy atom. The Balaban J connectivity index is 1.27. The number of benzene rings is 3. The maximum absolute atomic E-state index is 12.5. The smallest absolute Gasteiger partial charge is 0.258 e. The predicted molar refractivity (Wildman–Crippen MR) is 130 cm³/mol. The number of halogens is 1. The van der Waals surface area contributed by atoms with E-state index in [0.29, 0.717) is 29.4 Å². The third-order valence-electron chi connectivity index (χ3n) is 5.45. The van der Waals surface area contributed by atoms with Crippen LogP contribution in [0.5, 0.6) is 17.2 Å². The number of rotatable bonds is 8. The number of nitrogens with one attached hydrogen (secondary N) is 3. The number of ether oxygens (including phenoxy) is 2. The number of hydrogen-bond donors (Lipinski definition) is 4. The van der Waals surface area contributed by atoms with E-state index in [-0.39, 0.29) is 17.7 Å². The SMILES string of the molecule is COc1cc(/C=N/NC(=O)C2CC(c3ccc(OCc4ccccc4Cl)cc3)NN2)ccc1O. The van der Waals surface area contributed by atoms with Crippen LogP contribution in [-0.4, -0.2) is 30.4 Å². The molecule has 4 N–H and O–H groups in total. The van der Waals surface area contributed by atoms with Gasteiger partial charge in [-0.2, -0.15) is 5.10 Å². The van der Waals surface area contributed by atoms with Gasteiger partial charge in [0.25, 0.3) is 5.91 Å². The number of phenolic OH excluding ortho intramolecular Hbond substituents is 1. The van der Waals surface area contributed by atoms with Crippen LogP contribution in [0.4, 0.5) is 0 Å². The molecule has 2 atom stereocenters. The van der Waals surface area contributed by atoms with E-state index in [9.17, 15) is 9.90 Å². The molecular formula is C25H25ClN4O4. The summed E-state index contributed by atoms with van der Waals surface area (Å²) in [6.07, 6.45) is 2.05. The largest absolute Gasteiger partial charge is 0.504 e. The standard InChI is InChI=1S/C25H25ClN4O4/c1-33-24-12-16(6-11-23(24)31)14-27-30-25(32)22-13-21(28-29-22)17-7-9-19(10-8-17)34-15-18-4-2-3-5-20(18)26/h2-12,14,21-22,28-29,31H,13,15H2,1H3,(H,30,32)/b27-14+. The molecule has 34 heavy (non-hydrogen) atoms. The molecule has 1 aliphatic heterocycles. The monoisotopic (exact) mass is 480 g/mol. The van der Waals surface area contributed by atoms with Crippen molar-refractivity contribution in [3.63, 3.8) is 0 Å². The molecule has 4 rings (SSSR count). The fraction of sp³-hybridized carbons (Fsp3) is 0.200. The Morgan fingerprint density at radius 3 is 2.74 bits per heavy atom. The van der Waals surface area contributed by atoms with E-state index in [1.54, 1.807) is 12.1 Å². The summed E-state index contributed by atoms with van der Waals surface area (Å²) in [5, 5.41) is 14.3. The average molecular weight is 481 g/mol. The first-order chi connectivity index (χ1) is 16.5. The Bertz CT molecular complexity index is 1170. The molecule has 9 heteroatoms. The molecule has 0 aliphatic carbocycles. The fourth-order valence-corrected chi connectivity index (χ4v) is 3.73. The van der Waals surface area contributed by atoms with E-state index in [0.717, 1.165) is 16.9 Å². The van der Waals surface area contributed by atoms with Gasteiger partial charge in [-0.05, 0) is 53.9 Å². The molecule has 176 valence electrons. The van der Waals surface area contributed by atoms with Gasteiger partial charge in [-0.3, -0.25) is 4.79 Å². The van der Waals surface area contributed by atoms with Crippen molar-refractivity contribution >= 4 is 23.7 Å². The highest BCUT2D eigenvalue weighted by molar-refractivity contribution is 6.31. The van der Waals surface area contributed by atoms with E-state index < -0.39 is 6.04 Å². The zero-order valence-electron chi connectivity index (χ0n) is 18.5. The molecule has 1 heterocycles. The lowest BCUT2D eigenvalue weighted by molar-refractivity contribution is -0.122. The molecule has 1 amide bonds. The lowest BCUT2D eigenvalue weighted by Crippen LogP contribution is -2.41. The Labute approximate surface area is 202 Å². The molecule has 1 saturated heterocycles. The molecule has 8 nitrogen and oxygen atoms in total. The highest BCUT2D eigenvalue weighted by atomic mass is 35.5. The molecule has 0 saturated carbocycles. The summed E-state index contributed by atoms with van der Waals surface area (Å²) in [6, 6.07) is 19.6. The zero-order valence-corrected chi connectivity index (χ0v) is 19.3. The molecule has 0 aromatic heterocycles. The van der Waals surface area contributed by atoms with Crippen LogP contribution in [0.25, 0.3) is 0 Å². The second-order valence-corrected chi connectivity index (χ2v) is 8.15. The minimum atomic E-state index is -0.437. The van der Waals surface area contributed by atoms with E-state index in [2.05, 4.69) is 21.4 Å². The first-order valence-corrected chi connectivity index (χ1v) is 11.1. The molecule has 3 aromatic carbocycles. The second-order valence-electron chi connectivity index (χ2n) is 7.74. The van der Waals surface area contributed by atoms with Gasteiger partial charge in [0.15, 0.2) is 11.5 Å². The predicted octanol–water partition coefficient (Wildman–Crippen LogP) is 3.69. The lowest BCUT2D eigenvalue weighted by Gasteiger charge is -2.12. The van der Waals surface area contributed by atoms with Crippen molar-refractivity contribution in [3.05, 3.63) is 88.4 Å². The molecule has 0 bridgehead atoms. The van der Waals surface area contributed by atoms with Gasteiger partial charge in [0, 0.05) is 16.6 Å². The molecule has 1 aliphatic rings. The molecule has 1 fully saturated rings. The lowest BCUT2D eigenvalue weighted by atomic mass is 10.0. The summed E-state index contributed by atoms with van der Waals surface area (Å²) in [5.41, 5.74) is 11.3. The van der Waals surface area contributed by atoms with Crippen molar-refractivity contribution < 1.29 is 19.4 Å². The summed E-state index contributed by atoms with van der Waals surface area (Å²) < 4.78 is 10.9. The van der Waals surface area contributed by atoms with Gasteiger partial charge in [-0.25, -0.2) is 16.3 Å². The van der Waals surface area contributed by atoms with Crippen molar-refractivity contribution in [2.24, 2.45) is 5.10 Å². The molecular weight excluding hydrogens is 456 g/mol. The molecule has 0 spiro atoms. The quantitative estimate of drug-likeness (QED) is 0.289. The zero-order chi connectivity index (χ0) is 23.9. The number of aromatic hydroxyl groups is 1. The highest BCUT2D eigenvalue weighted by Crippen LogP contribution is 2.26. The van der Waals surface area contributed by atoms with Gasteiger partial charge < -0.3 is 14.6 Å².